The minimum atomic E-state index is -0.861. The number of fused-ring (bicyclic) bond motifs is 1. The van der Waals surface area contributed by atoms with E-state index < -0.39 is 29.5 Å². The van der Waals surface area contributed by atoms with Gasteiger partial charge in [0, 0.05) is 41.5 Å². The van der Waals surface area contributed by atoms with Crippen LogP contribution in [0.2, 0.25) is 0 Å². The molecule has 2 aromatic heterocycles. The largest absolute Gasteiger partial charge is 0.444 e. The monoisotopic (exact) mass is 573 g/mol. The number of carbonyl (C=O) groups is 3. The van der Waals surface area contributed by atoms with Crippen LogP contribution in [-0.4, -0.2) is 33.7 Å². The van der Waals surface area contributed by atoms with Crippen molar-refractivity contribution < 1.29 is 28.2 Å². The van der Waals surface area contributed by atoms with Gasteiger partial charge in [0.25, 0.3) is 0 Å². The molecular formula is C31H32FN5O5. The highest BCUT2D eigenvalue weighted by atomic mass is 19.1. The number of halogens is 1. The fourth-order valence-corrected chi connectivity index (χ4v) is 4.10. The molecule has 0 radical (unpaired) electrons. The molecule has 0 fully saturated rings. The number of ether oxygens (including phenoxy) is 2. The first kappa shape index (κ1) is 29.9. The molecule has 2 aromatic carbocycles. The second-order valence-electron chi connectivity index (χ2n) is 10.5. The summed E-state index contributed by atoms with van der Waals surface area (Å²) in [6.07, 6.45) is 2.77. The highest BCUT2D eigenvalue weighted by Crippen LogP contribution is 2.37. The van der Waals surface area contributed by atoms with Crippen LogP contribution in [0.1, 0.15) is 45.2 Å². The van der Waals surface area contributed by atoms with E-state index in [2.05, 4.69) is 20.7 Å². The summed E-state index contributed by atoms with van der Waals surface area (Å²) in [4.78, 5) is 46.6. The molecule has 2 N–H and O–H groups in total. The Balaban J connectivity index is 1.75. The molecule has 0 unspecified atom stereocenters. The van der Waals surface area contributed by atoms with Crippen molar-refractivity contribution in [3.63, 3.8) is 0 Å². The molecule has 0 saturated carbocycles. The summed E-state index contributed by atoms with van der Waals surface area (Å²) in [6, 6.07) is 13.9. The van der Waals surface area contributed by atoms with Gasteiger partial charge in [-0.1, -0.05) is 37.3 Å². The lowest BCUT2D eigenvalue weighted by atomic mass is 9.98. The Morgan fingerprint density at radius 2 is 1.74 bits per heavy atom. The quantitative estimate of drug-likeness (QED) is 0.247. The number of aromatic nitrogens is 2. The van der Waals surface area contributed by atoms with Crippen LogP contribution in [0.3, 0.4) is 0 Å². The molecule has 0 atom stereocenters. The number of carbonyl (C=O) groups excluding carboxylic acids is 3. The maximum absolute atomic E-state index is 16.0. The topological polar surface area (TPSA) is 123 Å². The summed E-state index contributed by atoms with van der Waals surface area (Å²) < 4.78 is 26.7. The van der Waals surface area contributed by atoms with E-state index in [1.165, 1.54) is 18.5 Å². The molecular weight excluding hydrogens is 541 g/mol. The fraction of sp³-hybridized carbons (Fsp3) is 0.258. The SMILES string of the molecule is CCC(=O)N(NC(=O)OCc1ccccc1)c1cc2cc(-c3cnccc3C)c(F)c(NC(=O)OC(C)(C)C)c2cn1. The van der Waals surface area contributed by atoms with Gasteiger partial charge in [-0.05, 0) is 62.4 Å². The van der Waals surface area contributed by atoms with E-state index in [0.717, 1.165) is 16.1 Å². The highest BCUT2D eigenvalue weighted by Gasteiger charge is 2.24. The van der Waals surface area contributed by atoms with Crippen molar-refractivity contribution in [3.05, 3.63) is 84.1 Å². The summed E-state index contributed by atoms with van der Waals surface area (Å²) in [5, 5.41) is 4.18. The van der Waals surface area contributed by atoms with Gasteiger partial charge < -0.3 is 9.47 Å². The van der Waals surface area contributed by atoms with Crippen molar-refractivity contribution in [1.82, 2.24) is 15.4 Å². The molecule has 4 aromatic rings. The van der Waals surface area contributed by atoms with E-state index in [9.17, 15) is 14.4 Å². The molecule has 0 aliphatic heterocycles. The van der Waals surface area contributed by atoms with Gasteiger partial charge >= 0.3 is 12.2 Å². The maximum Gasteiger partial charge on any atom is 0.426 e. The Hall–Kier alpha value is -5.06. The number of hydrogen-bond acceptors (Lipinski definition) is 7. The number of hydrazine groups is 1. The average molecular weight is 574 g/mol. The third-order valence-corrected chi connectivity index (χ3v) is 6.10. The van der Waals surface area contributed by atoms with Crippen molar-refractivity contribution in [2.75, 3.05) is 10.3 Å². The molecule has 0 bridgehead atoms. The summed E-state index contributed by atoms with van der Waals surface area (Å²) in [6.45, 7) is 8.53. The van der Waals surface area contributed by atoms with Crippen LogP contribution in [-0.2, 0) is 20.9 Å². The molecule has 3 amide bonds. The molecule has 0 aliphatic rings. The van der Waals surface area contributed by atoms with Crippen molar-refractivity contribution in [2.24, 2.45) is 0 Å². The Labute approximate surface area is 242 Å². The number of nitrogens with one attached hydrogen (secondary N) is 2. The first-order valence-electron chi connectivity index (χ1n) is 13.3. The number of nitrogens with zero attached hydrogens (tertiary/aromatic N) is 3. The molecule has 0 aliphatic carbocycles. The predicted molar refractivity (Wildman–Crippen MR) is 157 cm³/mol. The zero-order chi connectivity index (χ0) is 30.4. The zero-order valence-electron chi connectivity index (χ0n) is 24.0. The maximum atomic E-state index is 16.0. The predicted octanol–water partition coefficient (Wildman–Crippen LogP) is 6.68. The summed E-state index contributed by atoms with van der Waals surface area (Å²) >= 11 is 0. The van der Waals surface area contributed by atoms with Crippen LogP contribution < -0.4 is 15.8 Å². The van der Waals surface area contributed by atoms with E-state index in [1.807, 2.05) is 25.1 Å². The van der Waals surface area contributed by atoms with Gasteiger partial charge in [-0.2, -0.15) is 5.01 Å². The number of pyridine rings is 2. The van der Waals surface area contributed by atoms with Crippen molar-refractivity contribution in [2.45, 2.75) is 53.2 Å². The number of hydrogen-bond donors (Lipinski definition) is 2. The van der Waals surface area contributed by atoms with Crippen LogP contribution in [0.4, 0.5) is 25.5 Å². The highest BCUT2D eigenvalue weighted by molar-refractivity contribution is 6.05. The van der Waals surface area contributed by atoms with Gasteiger partial charge in [0.2, 0.25) is 5.91 Å². The van der Waals surface area contributed by atoms with Gasteiger partial charge in [-0.25, -0.2) is 24.4 Å². The molecule has 0 spiro atoms. The van der Waals surface area contributed by atoms with E-state index in [4.69, 9.17) is 9.47 Å². The van der Waals surface area contributed by atoms with Crippen LogP contribution in [0.15, 0.2) is 67.1 Å². The van der Waals surface area contributed by atoms with E-state index in [-0.39, 0.29) is 35.5 Å². The number of anilines is 2. The lowest BCUT2D eigenvalue weighted by molar-refractivity contribution is -0.119. The molecule has 10 nitrogen and oxygen atoms in total. The van der Waals surface area contributed by atoms with E-state index in [0.29, 0.717) is 10.9 Å². The van der Waals surface area contributed by atoms with Crippen molar-refractivity contribution in [3.8, 4) is 11.1 Å². The zero-order valence-corrected chi connectivity index (χ0v) is 24.0. The number of amides is 3. The van der Waals surface area contributed by atoms with E-state index in [1.54, 1.807) is 58.2 Å². The van der Waals surface area contributed by atoms with Crippen LogP contribution >= 0.6 is 0 Å². The van der Waals surface area contributed by atoms with Gasteiger partial charge in [0.1, 0.15) is 12.2 Å². The molecule has 4 rings (SSSR count). The molecule has 2 heterocycles. The van der Waals surface area contributed by atoms with Crippen molar-refractivity contribution >= 4 is 40.4 Å². The lowest BCUT2D eigenvalue weighted by Gasteiger charge is -2.23. The normalized spacial score (nSPS) is 11.1. The van der Waals surface area contributed by atoms with Gasteiger partial charge in [-0.15, -0.1) is 0 Å². The first-order chi connectivity index (χ1) is 20.0. The molecule has 0 saturated heterocycles. The number of rotatable bonds is 6. The Morgan fingerprint density at radius 3 is 2.40 bits per heavy atom. The third-order valence-electron chi connectivity index (χ3n) is 6.10. The number of aryl methyl sites for hydroxylation is 1. The average Bonchev–Trinajstić information content (AvgIpc) is 2.95. The van der Waals surface area contributed by atoms with Crippen LogP contribution in [0, 0.1) is 12.7 Å². The van der Waals surface area contributed by atoms with Gasteiger partial charge in [0.15, 0.2) is 11.6 Å². The third kappa shape index (κ3) is 7.17. The Morgan fingerprint density at radius 1 is 1.00 bits per heavy atom. The van der Waals surface area contributed by atoms with Gasteiger partial charge in [0.05, 0.1) is 5.69 Å². The minimum absolute atomic E-state index is 0.00122. The molecule has 42 heavy (non-hydrogen) atoms. The second kappa shape index (κ2) is 12.6. The second-order valence-corrected chi connectivity index (χ2v) is 10.5. The Kier molecular flexibility index (Phi) is 8.99. The first-order valence-corrected chi connectivity index (χ1v) is 13.3. The minimum Gasteiger partial charge on any atom is -0.444 e. The van der Waals surface area contributed by atoms with Crippen LogP contribution in [0.5, 0.6) is 0 Å². The van der Waals surface area contributed by atoms with Crippen molar-refractivity contribution in [1.29, 1.82) is 0 Å². The smallest absolute Gasteiger partial charge is 0.426 e. The standard InChI is InChI=1S/C31H32FN5O5/c1-6-26(38)37(36-30(40)41-18-20-10-8-7-9-11-20)25-15-21-14-22(23-16-33-13-12-19(23)2)27(32)28(24(21)17-34-25)35-29(39)42-31(3,4)5/h7-17H,6,18H2,1-5H3,(H,35,39)(H,36,40). The van der Waals surface area contributed by atoms with Crippen LogP contribution in [0.25, 0.3) is 21.9 Å². The molecule has 218 valence electrons. The summed E-state index contributed by atoms with van der Waals surface area (Å²) in [5.41, 5.74) is 3.68. The summed E-state index contributed by atoms with van der Waals surface area (Å²) in [7, 11) is 0. The Bertz CT molecular complexity index is 1620. The van der Waals surface area contributed by atoms with Gasteiger partial charge in [-0.3, -0.25) is 15.1 Å². The fourth-order valence-electron chi connectivity index (χ4n) is 4.10. The van der Waals surface area contributed by atoms with E-state index >= 15 is 4.39 Å². The number of benzene rings is 2. The molecule has 11 heteroatoms. The summed E-state index contributed by atoms with van der Waals surface area (Å²) in [5.74, 6) is -1.10. The lowest BCUT2D eigenvalue weighted by Crippen LogP contribution is -2.47.